The monoisotopic (exact) mass is 354 g/mol. The van der Waals surface area contributed by atoms with Crippen LogP contribution in [0, 0.1) is 5.92 Å². The molecule has 3 unspecified atom stereocenters. The van der Waals surface area contributed by atoms with Gasteiger partial charge in [0.2, 0.25) is 5.91 Å². The van der Waals surface area contributed by atoms with E-state index in [1.54, 1.807) is 14.2 Å². The van der Waals surface area contributed by atoms with Crippen LogP contribution in [0.25, 0.3) is 0 Å². The van der Waals surface area contributed by atoms with Crippen molar-refractivity contribution in [3.05, 3.63) is 23.8 Å². The number of ether oxygens (including phenoxy) is 2. The second-order valence-electron chi connectivity index (χ2n) is 6.51. The lowest BCUT2D eigenvalue weighted by Crippen LogP contribution is -2.42. The number of rotatable bonds is 5. The lowest BCUT2D eigenvalue weighted by molar-refractivity contribution is -0.123. The molecule has 1 aliphatic carbocycles. The molecular weight excluding hydrogens is 328 g/mol. The maximum Gasteiger partial charge on any atom is 0.237 e. The van der Waals surface area contributed by atoms with Crippen molar-refractivity contribution in [1.29, 1.82) is 0 Å². The molecule has 2 fully saturated rings. The second kappa shape index (κ2) is 8.58. The zero-order valence-corrected chi connectivity index (χ0v) is 15.2. The minimum absolute atomic E-state index is 0. The Hall–Kier alpha value is -1.46. The Morgan fingerprint density at radius 3 is 2.67 bits per heavy atom. The van der Waals surface area contributed by atoms with Crippen LogP contribution < -0.4 is 20.1 Å². The van der Waals surface area contributed by atoms with E-state index in [2.05, 4.69) is 10.6 Å². The molecular formula is C18H27ClN2O3. The highest BCUT2D eigenvalue weighted by Gasteiger charge is 2.37. The number of halogens is 1. The van der Waals surface area contributed by atoms with Crippen LogP contribution in [0.15, 0.2) is 18.2 Å². The first-order chi connectivity index (χ1) is 11.2. The molecule has 0 radical (unpaired) electrons. The van der Waals surface area contributed by atoms with Gasteiger partial charge in [-0.2, -0.15) is 0 Å². The van der Waals surface area contributed by atoms with E-state index >= 15 is 0 Å². The Morgan fingerprint density at radius 2 is 1.96 bits per heavy atom. The first-order valence-corrected chi connectivity index (χ1v) is 8.46. The molecule has 1 saturated heterocycles. The van der Waals surface area contributed by atoms with E-state index in [-0.39, 0.29) is 24.4 Å². The molecule has 2 aliphatic rings. The van der Waals surface area contributed by atoms with Gasteiger partial charge in [-0.05, 0) is 42.9 Å². The summed E-state index contributed by atoms with van der Waals surface area (Å²) >= 11 is 0. The smallest absolute Gasteiger partial charge is 0.237 e. The molecule has 3 atom stereocenters. The van der Waals surface area contributed by atoms with Crippen LogP contribution >= 0.6 is 12.4 Å². The van der Waals surface area contributed by atoms with Gasteiger partial charge in [-0.1, -0.05) is 18.9 Å². The fourth-order valence-electron chi connectivity index (χ4n) is 3.82. The van der Waals surface area contributed by atoms with Gasteiger partial charge in [-0.3, -0.25) is 4.79 Å². The minimum Gasteiger partial charge on any atom is -0.493 e. The average Bonchev–Trinajstić information content (AvgIpc) is 3.03. The van der Waals surface area contributed by atoms with Crippen molar-refractivity contribution in [2.24, 2.45) is 5.92 Å². The van der Waals surface area contributed by atoms with Crippen LogP contribution in [0.1, 0.15) is 37.7 Å². The van der Waals surface area contributed by atoms with Crippen LogP contribution in [-0.4, -0.2) is 32.2 Å². The Labute approximate surface area is 149 Å². The Bertz CT molecular complexity index is 553. The summed E-state index contributed by atoms with van der Waals surface area (Å²) in [4.78, 5) is 12.4. The lowest BCUT2D eigenvalue weighted by Gasteiger charge is -2.24. The lowest BCUT2D eigenvalue weighted by atomic mass is 9.85. The van der Waals surface area contributed by atoms with Crippen molar-refractivity contribution in [3.8, 4) is 11.5 Å². The number of hydrogen-bond acceptors (Lipinski definition) is 4. The van der Waals surface area contributed by atoms with Gasteiger partial charge in [-0.25, -0.2) is 0 Å². The molecule has 2 N–H and O–H groups in total. The molecule has 0 spiro atoms. The molecule has 5 nitrogen and oxygen atoms in total. The Morgan fingerprint density at radius 1 is 1.21 bits per heavy atom. The van der Waals surface area contributed by atoms with Crippen LogP contribution in [0.5, 0.6) is 11.5 Å². The number of fused-ring (bicyclic) bond motifs is 1. The van der Waals surface area contributed by atoms with Gasteiger partial charge in [0.05, 0.1) is 20.3 Å². The maximum atomic E-state index is 12.4. The van der Waals surface area contributed by atoms with Gasteiger partial charge >= 0.3 is 0 Å². The molecule has 1 aromatic carbocycles. The quantitative estimate of drug-likeness (QED) is 0.853. The number of benzene rings is 1. The summed E-state index contributed by atoms with van der Waals surface area (Å²) in [6.07, 6.45) is 6.04. The van der Waals surface area contributed by atoms with Crippen LogP contribution in [0.4, 0.5) is 0 Å². The van der Waals surface area contributed by atoms with E-state index < -0.39 is 0 Å². The highest BCUT2D eigenvalue weighted by molar-refractivity contribution is 5.85. The number of nitrogens with one attached hydrogen (secondary N) is 2. The fraction of sp³-hybridized carbons (Fsp3) is 0.611. The van der Waals surface area contributed by atoms with E-state index in [0.717, 1.165) is 12.0 Å². The summed E-state index contributed by atoms with van der Waals surface area (Å²) in [7, 11) is 3.23. The molecule has 134 valence electrons. The first-order valence-electron chi connectivity index (χ1n) is 8.46. The zero-order chi connectivity index (χ0) is 16.2. The van der Waals surface area contributed by atoms with Crippen molar-refractivity contribution >= 4 is 18.3 Å². The summed E-state index contributed by atoms with van der Waals surface area (Å²) in [5, 5.41) is 6.55. The molecule has 3 rings (SSSR count). The first kappa shape index (κ1) is 18.9. The zero-order valence-electron chi connectivity index (χ0n) is 14.3. The largest absolute Gasteiger partial charge is 0.493 e. The van der Waals surface area contributed by atoms with Crippen molar-refractivity contribution in [3.63, 3.8) is 0 Å². The molecule has 1 amide bonds. The van der Waals surface area contributed by atoms with Crippen molar-refractivity contribution < 1.29 is 14.3 Å². The summed E-state index contributed by atoms with van der Waals surface area (Å²) in [5.74, 6) is 2.17. The molecule has 1 saturated carbocycles. The molecule has 1 heterocycles. The number of carbonyl (C=O) groups is 1. The summed E-state index contributed by atoms with van der Waals surface area (Å²) in [6.45, 7) is 0.507. The van der Waals surface area contributed by atoms with E-state index in [1.165, 1.54) is 25.7 Å². The van der Waals surface area contributed by atoms with Crippen LogP contribution in [0.3, 0.4) is 0 Å². The number of hydrogen-bond donors (Lipinski definition) is 2. The second-order valence-corrected chi connectivity index (χ2v) is 6.51. The predicted molar refractivity (Wildman–Crippen MR) is 95.9 cm³/mol. The number of amides is 1. The van der Waals surface area contributed by atoms with Gasteiger partial charge in [0, 0.05) is 12.6 Å². The Balaban J connectivity index is 0.00000208. The van der Waals surface area contributed by atoms with Crippen molar-refractivity contribution in [2.45, 2.75) is 50.7 Å². The molecule has 1 aromatic rings. The number of carbonyl (C=O) groups excluding carboxylic acids is 1. The van der Waals surface area contributed by atoms with E-state index in [1.807, 2.05) is 18.2 Å². The average molecular weight is 355 g/mol. The highest BCUT2D eigenvalue weighted by atomic mass is 35.5. The van der Waals surface area contributed by atoms with Gasteiger partial charge in [0.25, 0.3) is 0 Å². The number of methoxy groups -OCH3 is 2. The molecule has 0 bridgehead atoms. The van der Waals surface area contributed by atoms with Gasteiger partial charge in [-0.15, -0.1) is 12.4 Å². The highest BCUT2D eigenvalue weighted by Crippen LogP contribution is 2.33. The Kier molecular flexibility index (Phi) is 6.75. The third-order valence-corrected chi connectivity index (χ3v) is 5.09. The summed E-state index contributed by atoms with van der Waals surface area (Å²) in [5.41, 5.74) is 1.01. The van der Waals surface area contributed by atoms with Crippen LogP contribution in [-0.2, 0) is 11.3 Å². The van der Waals surface area contributed by atoms with Crippen molar-refractivity contribution in [2.75, 3.05) is 14.2 Å². The third-order valence-electron chi connectivity index (χ3n) is 5.09. The van der Waals surface area contributed by atoms with Gasteiger partial charge in [0.15, 0.2) is 11.5 Å². The fourth-order valence-corrected chi connectivity index (χ4v) is 3.82. The van der Waals surface area contributed by atoms with Crippen LogP contribution in [0.2, 0.25) is 0 Å². The van der Waals surface area contributed by atoms with E-state index in [0.29, 0.717) is 30.0 Å². The molecule has 1 aliphatic heterocycles. The normalized spacial score (nSPS) is 25.3. The SMILES string of the molecule is COc1ccc(CNC(=O)C2CC3CCCCC3N2)cc1OC.Cl. The topological polar surface area (TPSA) is 59.6 Å². The maximum absolute atomic E-state index is 12.4. The van der Waals surface area contributed by atoms with Crippen molar-refractivity contribution in [1.82, 2.24) is 10.6 Å². The van der Waals surface area contributed by atoms with Gasteiger partial charge in [0.1, 0.15) is 0 Å². The summed E-state index contributed by atoms with van der Waals surface area (Å²) in [6, 6.07) is 6.22. The summed E-state index contributed by atoms with van der Waals surface area (Å²) < 4.78 is 10.5. The third kappa shape index (κ3) is 4.14. The van der Waals surface area contributed by atoms with Gasteiger partial charge < -0.3 is 20.1 Å². The molecule has 0 aromatic heterocycles. The standard InChI is InChI=1S/C18H26N2O3.ClH/c1-22-16-8-7-12(9-17(16)23-2)11-19-18(21)15-10-13-5-3-4-6-14(13)20-15;/h7-9,13-15,20H,3-6,10-11H2,1-2H3,(H,19,21);1H. The van der Waals surface area contributed by atoms with E-state index in [9.17, 15) is 4.79 Å². The predicted octanol–water partition coefficient (Wildman–Crippen LogP) is 2.66. The molecule has 6 heteroatoms. The van der Waals surface area contributed by atoms with E-state index in [4.69, 9.17) is 9.47 Å². The molecule has 24 heavy (non-hydrogen) atoms. The minimum atomic E-state index is -0.0387.